The first-order valence-electron chi connectivity index (χ1n) is 14.4. The number of Topliss-reactive ketones (excluding diaryl/α,β-unsaturated/α-hetero) is 1. The normalized spacial score (nSPS) is 20.6. The molecule has 0 unspecified atom stereocenters. The Morgan fingerprint density at radius 3 is 2.45 bits per heavy atom. The highest BCUT2D eigenvalue weighted by Gasteiger charge is 2.38. The Morgan fingerprint density at radius 2 is 1.73 bits per heavy atom. The van der Waals surface area contributed by atoms with Crippen molar-refractivity contribution in [1.82, 2.24) is 4.57 Å². The maximum atomic E-state index is 13.9. The molecule has 4 aromatic rings. The highest BCUT2D eigenvalue weighted by molar-refractivity contribution is 7.18. The number of aromatic carboxylic acids is 1. The van der Waals surface area contributed by atoms with E-state index in [0.29, 0.717) is 17.2 Å². The Morgan fingerprint density at radius 1 is 0.950 bits per heavy atom. The van der Waals surface area contributed by atoms with Gasteiger partial charge in [0.05, 0.1) is 17.9 Å². The molecule has 2 fully saturated rings. The van der Waals surface area contributed by atoms with Crippen LogP contribution in [-0.2, 0) is 11.3 Å². The second kappa shape index (κ2) is 9.73. The Labute approximate surface area is 237 Å². The van der Waals surface area contributed by atoms with Crippen LogP contribution in [0.2, 0.25) is 0 Å². The molecule has 204 valence electrons. The SMILES string of the molecule is CC1CCC(C(=O)N(c2cc(-c3ccc4c(c3)C(=O)Cn3c-4cc4ccccc43)sc2C(=O)O)C2CCC2)CC1. The first kappa shape index (κ1) is 25.3. The van der Waals surface area contributed by atoms with E-state index in [1.807, 2.05) is 47.4 Å². The average molecular weight is 553 g/mol. The van der Waals surface area contributed by atoms with E-state index in [-0.39, 0.29) is 35.1 Å². The van der Waals surface area contributed by atoms with E-state index in [1.165, 1.54) is 11.3 Å². The molecule has 2 aromatic carbocycles. The van der Waals surface area contributed by atoms with Crippen LogP contribution in [0.15, 0.2) is 54.6 Å². The van der Waals surface area contributed by atoms with E-state index < -0.39 is 5.97 Å². The van der Waals surface area contributed by atoms with Gasteiger partial charge in [0.25, 0.3) is 0 Å². The number of anilines is 1. The van der Waals surface area contributed by atoms with Gasteiger partial charge < -0.3 is 14.6 Å². The summed E-state index contributed by atoms with van der Waals surface area (Å²) < 4.78 is 2.07. The number of rotatable bonds is 5. The summed E-state index contributed by atoms with van der Waals surface area (Å²) >= 11 is 1.20. The molecule has 3 aliphatic rings. The van der Waals surface area contributed by atoms with Gasteiger partial charge in [0.1, 0.15) is 4.88 Å². The monoisotopic (exact) mass is 552 g/mol. The standard InChI is InChI=1S/C33H32N2O4S/c1-19-9-11-20(12-10-19)32(37)35(23-6-4-7-23)28-17-30(40-31(28)33(38)39)22-13-14-24-25(15-22)29(36)18-34-26-8-3-2-5-21(26)16-27(24)34/h2-3,5,8,13-17,19-20,23H,4,6-7,9-12,18H2,1H3,(H,38,39). The van der Waals surface area contributed by atoms with Gasteiger partial charge >= 0.3 is 5.97 Å². The minimum atomic E-state index is -1.01. The number of nitrogens with zero attached hydrogens (tertiary/aromatic N) is 2. The molecule has 6 nitrogen and oxygen atoms in total. The van der Waals surface area contributed by atoms with Crippen LogP contribution in [0.4, 0.5) is 5.69 Å². The van der Waals surface area contributed by atoms with Gasteiger partial charge in [-0.15, -0.1) is 11.3 Å². The second-order valence-electron chi connectivity index (χ2n) is 11.7. The Hall–Kier alpha value is -3.71. The molecule has 0 saturated heterocycles. The van der Waals surface area contributed by atoms with Gasteiger partial charge in [0, 0.05) is 38.9 Å². The third-order valence-corrected chi connectivity index (χ3v) is 10.4. The summed E-state index contributed by atoms with van der Waals surface area (Å²) in [5, 5.41) is 11.3. The van der Waals surface area contributed by atoms with Crippen LogP contribution in [0.5, 0.6) is 0 Å². The molecule has 40 heavy (non-hydrogen) atoms. The molecule has 0 radical (unpaired) electrons. The first-order valence-corrected chi connectivity index (χ1v) is 15.2. The summed E-state index contributed by atoms with van der Waals surface area (Å²) in [5.41, 5.74) is 4.94. The lowest BCUT2D eigenvalue weighted by Crippen LogP contribution is -2.48. The Kier molecular flexibility index (Phi) is 6.15. The van der Waals surface area contributed by atoms with Crippen LogP contribution in [0, 0.1) is 11.8 Å². The van der Waals surface area contributed by atoms with Crippen LogP contribution >= 0.6 is 11.3 Å². The molecule has 0 atom stereocenters. The summed E-state index contributed by atoms with van der Waals surface area (Å²) in [6.07, 6.45) is 6.67. The van der Waals surface area contributed by atoms with Crippen LogP contribution in [0.3, 0.4) is 0 Å². The smallest absolute Gasteiger partial charge is 0.348 e. The van der Waals surface area contributed by atoms with Crippen molar-refractivity contribution in [1.29, 1.82) is 0 Å². The topological polar surface area (TPSA) is 79.6 Å². The van der Waals surface area contributed by atoms with Gasteiger partial charge in [-0.25, -0.2) is 4.79 Å². The molecule has 1 amide bonds. The maximum absolute atomic E-state index is 13.9. The van der Waals surface area contributed by atoms with E-state index in [2.05, 4.69) is 23.6 Å². The van der Waals surface area contributed by atoms with Crippen LogP contribution < -0.4 is 4.90 Å². The van der Waals surface area contributed by atoms with Crippen molar-refractivity contribution >= 4 is 45.6 Å². The van der Waals surface area contributed by atoms with E-state index in [4.69, 9.17) is 0 Å². The van der Waals surface area contributed by atoms with Crippen molar-refractivity contribution in [2.75, 3.05) is 4.90 Å². The third-order valence-electron chi connectivity index (χ3n) is 9.20. The molecule has 7 rings (SSSR count). The zero-order chi connectivity index (χ0) is 27.5. The number of thiophene rings is 1. The van der Waals surface area contributed by atoms with Gasteiger partial charge in [0.15, 0.2) is 5.78 Å². The molecular weight excluding hydrogens is 520 g/mol. The van der Waals surface area contributed by atoms with Crippen molar-refractivity contribution in [3.63, 3.8) is 0 Å². The largest absolute Gasteiger partial charge is 0.477 e. The average Bonchev–Trinajstić information content (AvgIpc) is 3.53. The highest BCUT2D eigenvalue weighted by Crippen LogP contribution is 2.44. The molecule has 1 N–H and O–H groups in total. The Bertz CT molecular complexity index is 1670. The number of para-hydroxylation sites is 1. The van der Waals surface area contributed by atoms with Gasteiger partial charge in [-0.3, -0.25) is 9.59 Å². The number of ketones is 1. The zero-order valence-electron chi connectivity index (χ0n) is 22.6. The summed E-state index contributed by atoms with van der Waals surface area (Å²) in [6.45, 7) is 2.51. The van der Waals surface area contributed by atoms with E-state index >= 15 is 0 Å². The van der Waals surface area contributed by atoms with Gasteiger partial charge in [-0.05, 0) is 80.7 Å². The van der Waals surface area contributed by atoms with Crippen molar-refractivity contribution < 1.29 is 19.5 Å². The highest BCUT2D eigenvalue weighted by atomic mass is 32.1. The molecule has 0 bridgehead atoms. The van der Waals surface area contributed by atoms with Crippen molar-refractivity contribution in [2.24, 2.45) is 11.8 Å². The second-order valence-corrected chi connectivity index (χ2v) is 12.8. The van der Waals surface area contributed by atoms with E-state index in [1.54, 1.807) is 0 Å². The first-order chi connectivity index (χ1) is 19.4. The number of carboxylic acid groups (broad SMARTS) is 1. The maximum Gasteiger partial charge on any atom is 0.348 e. The molecule has 2 aliphatic carbocycles. The minimum Gasteiger partial charge on any atom is -0.477 e. The summed E-state index contributed by atoms with van der Waals surface area (Å²) in [7, 11) is 0. The molecular formula is C33H32N2O4S. The lowest BCUT2D eigenvalue weighted by molar-refractivity contribution is -0.124. The van der Waals surface area contributed by atoms with Crippen LogP contribution in [0.25, 0.3) is 32.6 Å². The summed E-state index contributed by atoms with van der Waals surface area (Å²) in [6, 6.07) is 18.0. The van der Waals surface area contributed by atoms with E-state index in [0.717, 1.165) is 77.5 Å². The van der Waals surface area contributed by atoms with Crippen LogP contribution in [-0.4, -0.2) is 33.4 Å². The lowest BCUT2D eigenvalue weighted by Gasteiger charge is -2.40. The lowest BCUT2D eigenvalue weighted by atomic mass is 9.81. The van der Waals surface area contributed by atoms with Crippen molar-refractivity contribution in [3.05, 3.63) is 65.0 Å². The number of carbonyl (C=O) groups is 3. The minimum absolute atomic E-state index is 0.0405. The number of aromatic nitrogens is 1. The number of hydrogen-bond acceptors (Lipinski definition) is 4. The Balaban J connectivity index is 1.28. The number of fused-ring (bicyclic) bond motifs is 5. The summed E-state index contributed by atoms with van der Waals surface area (Å²) in [5.74, 6) is -0.304. The third kappa shape index (κ3) is 4.10. The van der Waals surface area contributed by atoms with Crippen LogP contribution in [0.1, 0.15) is 71.9 Å². The van der Waals surface area contributed by atoms with Crippen molar-refractivity contribution in [3.8, 4) is 21.7 Å². The fourth-order valence-electron chi connectivity index (χ4n) is 6.68. The molecule has 3 heterocycles. The van der Waals surface area contributed by atoms with E-state index in [9.17, 15) is 19.5 Å². The quantitative estimate of drug-likeness (QED) is 0.276. The molecule has 2 saturated carbocycles. The van der Waals surface area contributed by atoms with Crippen molar-refractivity contribution in [2.45, 2.75) is 64.5 Å². The van der Waals surface area contributed by atoms with Gasteiger partial charge in [-0.1, -0.05) is 37.3 Å². The fourth-order valence-corrected chi connectivity index (χ4v) is 7.67. The molecule has 0 spiro atoms. The predicted octanol–water partition coefficient (Wildman–Crippen LogP) is 7.64. The number of amides is 1. The predicted molar refractivity (Wildman–Crippen MR) is 158 cm³/mol. The number of carboxylic acids is 1. The molecule has 1 aliphatic heterocycles. The number of hydrogen-bond donors (Lipinski definition) is 1. The van der Waals surface area contributed by atoms with Gasteiger partial charge in [0.2, 0.25) is 5.91 Å². The summed E-state index contributed by atoms with van der Waals surface area (Å²) in [4.78, 5) is 42.5. The zero-order valence-corrected chi connectivity index (χ0v) is 23.4. The fraction of sp³-hybridized carbons (Fsp3) is 0.364. The number of benzene rings is 2. The number of carbonyl (C=O) groups excluding carboxylic acids is 2. The molecule has 7 heteroatoms. The van der Waals surface area contributed by atoms with Gasteiger partial charge in [-0.2, -0.15) is 0 Å². The molecule has 2 aromatic heterocycles.